The molecule has 1 rings (SSSR count). The number of carboxylic acids is 1. The lowest BCUT2D eigenvalue weighted by atomic mass is 9.70. The summed E-state index contributed by atoms with van der Waals surface area (Å²) in [5.41, 5.74) is 5.92. The van der Waals surface area contributed by atoms with E-state index in [1.165, 1.54) is 7.11 Å². The fourth-order valence-corrected chi connectivity index (χ4v) is 4.12. The molecule has 1 fully saturated rings. The monoisotopic (exact) mass is 356 g/mol. The number of hydrogen-bond acceptors (Lipinski definition) is 5. The van der Waals surface area contributed by atoms with Crippen LogP contribution < -0.4 is 11.1 Å². The first-order chi connectivity index (χ1) is 11.4. The number of nitrogens with two attached hydrogens (primary N) is 1. The molecule has 0 aromatic heterocycles. The minimum absolute atomic E-state index is 0.174. The molecule has 7 heteroatoms. The first-order valence-electron chi connectivity index (χ1n) is 8.76. The molecule has 1 amide bonds. The maximum Gasteiger partial charge on any atom is 0.328 e. The largest absolute Gasteiger partial charge is 0.481 e. The zero-order valence-electron chi connectivity index (χ0n) is 15.9. The van der Waals surface area contributed by atoms with E-state index in [4.69, 9.17) is 15.6 Å². The molecule has 0 aromatic rings. The van der Waals surface area contributed by atoms with Crippen molar-refractivity contribution in [2.24, 2.45) is 22.5 Å². The molecule has 0 aliphatic heterocycles. The van der Waals surface area contributed by atoms with E-state index in [1.54, 1.807) is 0 Å². The Morgan fingerprint density at radius 1 is 1.20 bits per heavy atom. The molecule has 0 aromatic carbocycles. The fraction of sp³-hybridized carbons (Fsp3) is 0.833. The highest BCUT2D eigenvalue weighted by atomic mass is 16.5. The van der Waals surface area contributed by atoms with Crippen molar-refractivity contribution in [2.45, 2.75) is 71.9 Å². The minimum atomic E-state index is -1.19. The molecule has 1 saturated carbocycles. The highest BCUT2D eigenvalue weighted by molar-refractivity contribution is 5.89. The van der Waals surface area contributed by atoms with Gasteiger partial charge in [0.2, 0.25) is 5.91 Å². The van der Waals surface area contributed by atoms with E-state index < -0.39 is 36.4 Å². The van der Waals surface area contributed by atoms with Crippen molar-refractivity contribution in [3.8, 4) is 0 Å². The van der Waals surface area contributed by atoms with Gasteiger partial charge in [0.1, 0.15) is 6.04 Å². The van der Waals surface area contributed by atoms with Crippen molar-refractivity contribution < 1.29 is 24.2 Å². The smallest absolute Gasteiger partial charge is 0.328 e. The van der Waals surface area contributed by atoms with Gasteiger partial charge in [0.25, 0.3) is 0 Å². The van der Waals surface area contributed by atoms with Gasteiger partial charge in [-0.25, -0.2) is 4.79 Å². The van der Waals surface area contributed by atoms with Gasteiger partial charge >= 0.3 is 11.9 Å². The van der Waals surface area contributed by atoms with Crippen molar-refractivity contribution in [1.29, 1.82) is 0 Å². The number of methoxy groups -OCH3 is 1. The third kappa shape index (κ3) is 5.70. The number of amides is 1. The number of esters is 1. The Morgan fingerprint density at radius 3 is 2.16 bits per heavy atom. The summed E-state index contributed by atoms with van der Waals surface area (Å²) in [6.07, 6.45) is 2.99. The lowest BCUT2D eigenvalue weighted by Crippen LogP contribution is -2.49. The number of hydrogen-bond donors (Lipinski definition) is 3. The molecule has 1 aliphatic rings. The Kier molecular flexibility index (Phi) is 6.99. The van der Waals surface area contributed by atoms with E-state index in [2.05, 4.69) is 33.0 Å². The Hall–Kier alpha value is -1.63. The minimum Gasteiger partial charge on any atom is -0.481 e. The summed E-state index contributed by atoms with van der Waals surface area (Å²) in [5.74, 6) is -1.93. The third-order valence-corrected chi connectivity index (χ3v) is 5.58. The van der Waals surface area contributed by atoms with E-state index >= 15 is 0 Å². The topological polar surface area (TPSA) is 119 Å². The molecule has 25 heavy (non-hydrogen) atoms. The van der Waals surface area contributed by atoms with Crippen LogP contribution in [-0.2, 0) is 19.1 Å². The van der Waals surface area contributed by atoms with Crippen LogP contribution in [0.5, 0.6) is 0 Å². The summed E-state index contributed by atoms with van der Waals surface area (Å²) in [4.78, 5) is 34.8. The number of carbonyl (C=O) groups excluding carboxylic acids is 2. The lowest BCUT2D eigenvalue weighted by molar-refractivity contribution is -0.145. The average molecular weight is 356 g/mol. The molecule has 0 spiro atoms. The van der Waals surface area contributed by atoms with E-state index in [0.29, 0.717) is 12.3 Å². The first kappa shape index (κ1) is 21.4. The first-order valence-corrected chi connectivity index (χ1v) is 8.76. The molecular weight excluding hydrogens is 324 g/mol. The molecular formula is C18H32N2O5. The molecule has 7 nitrogen and oxygen atoms in total. The molecule has 4 N–H and O–H groups in total. The molecule has 0 radical (unpaired) electrons. The predicted molar refractivity (Wildman–Crippen MR) is 93.7 cm³/mol. The Labute approximate surface area is 149 Å². The van der Waals surface area contributed by atoms with Crippen LogP contribution in [0.1, 0.15) is 59.8 Å². The van der Waals surface area contributed by atoms with Crippen molar-refractivity contribution in [3.05, 3.63) is 0 Å². The van der Waals surface area contributed by atoms with Crippen molar-refractivity contribution >= 4 is 17.8 Å². The molecule has 0 saturated heterocycles. The summed E-state index contributed by atoms with van der Waals surface area (Å²) < 4.78 is 4.78. The highest BCUT2D eigenvalue weighted by Gasteiger charge is 2.46. The fourth-order valence-electron chi connectivity index (χ4n) is 4.12. The molecule has 0 bridgehead atoms. The standard InChI is InChI=1S/C18H32N2O5/c1-17(2)8-9-18(3,4)13(17)7-6-12(16(24)25-5)20-15(23)11(19)10-14(21)22/h11-13H,6-10,19H2,1-5H3,(H,20,23)(H,21,22)/t11-,12?/m0/s1. The second-order valence-electron chi connectivity index (χ2n) is 8.40. The summed E-state index contributed by atoms with van der Waals surface area (Å²) in [6, 6.07) is -2.01. The Bertz CT molecular complexity index is 500. The molecule has 0 heterocycles. The van der Waals surface area contributed by atoms with Gasteiger partial charge in [-0.05, 0) is 42.4 Å². The van der Waals surface area contributed by atoms with Crippen LogP contribution in [0.2, 0.25) is 0 Å². The summed E-state index contributed by atoms with van der Waals surface area (Å²) in [5, 5.41) is 11.3. The van der Waals surface area contributed by atoms with E-state index in [9.17, 15) is 14.4 Å². The quantitative estimate of drug-likeness (QED) is 0.570. The number of ether oxygens (including phenoxy) is 1. The zero-order chi connectivity index (χ0) is 19.4. The van der Waals surface area contributed by atoms with Crippen LogP contribution in [0.25, 0.3) is 0 Å². The number of rotatable bonds is 8. The maximum atomic E-state index is 12.1. The van der Waals surface area contributed by atoms with E-state index in [0.717, 1.165) is 19.3 Å². The van der Waals surface area contributed by atoms with Gasteiger partial charge in [-0.1, -0.05) is 27.7 Å². The number of aliphatic carboxylic acids is 1. The maximum absolute atomic E-state index is 12.1. The van der Waals surface area contributed by atoms with Crippen LogP contribution in [0, 0.1) is 16.7 Å². The van der Waals surface area contributed by atoms with Crippen molar-refractivity contribution in [2.75, 3.05) is 7.11 Å². The predicted octanol–water partition coefficient (Wildman–Crippen LogP) is 1.69. The van der Waals surface area contributed by atoms with Gasteiger partial charge in [0.05, 0.1) is 19.6 Å². The van der Waals surface area contributed by atoms with E-state index in [1.807, 2.05) is 0 Å². The van der Waals surface area contributed by atoms with Crippen LogP contribution in [0.4, 0.5) is 0 Å². The van der Waals surface area contributed by atoms with Gasteiger partial charge < -0.3 is 20.9 Å². The van der Waals surface area contributed by atoms with Gasteiger partial charge in [-0.15, -0.1) is 0 Å². The second kappa shape index (κ2) is 8.17. The van der Waals surface area contributed by atoms with Gasteiger partial charge in [-0.2, -0.15) is 0 Å². The van der Waals surface area contributed by atoms with Crippen LogP contribution in [0.15, 0.2) is 0 Å². The Balaban J connectivity index is 2.75. The molecule has 2 atom stereocenters. The summed E-state index contributed by atoms with van der Waals surface area (Å²) in [7, 11) is 1.27. The SMILES string of the molecule is COC(=O)C(CCC1C(C)(C)CCC1(C)C)NC(=O)[C@@H](N)CC(=O)O. The van der Waals surface area contributed by atoms with Gasteiger partial charge in [0, 0.05) is 0 Å². The van der Waals surface area contributed by atoms with Crippen LogP contribution in [0.3, 0.4) is 0 Å². The zero-order valence-corrected chi connectivity index (χ0v) is 15.9. The highest BCUT2D eigenvalue weighted by Crippen LogP contribution is 2.55. The molecule has 144 valence electrons. The Morgan fingerprint density at radius 2 is 1.72 bits per heavy atom. The third-order valence-electron chi connectivity index (χ3n) is 5.58. The van der Waals surface area contributed by atoms with Gasteiger partial charge in [-0.3, -0.25) is 9.59 Å². The van der Waals surface area contributed by atoms with Crippen LogP contribution >= 0.6 is 0 Å². The summed E-state index contributed by atoms with van der Waals surface area (Å²) in [6.45, 7) is 8.95. The summed E-state index contributed by atoms with van der Waals surface area (Å²) >= 11 is 0. The normalized spacial score (nSPS) is 21.4. The second-order valence-corrected chi connectivity index (χ2v) is 8.40. The van der Waals surface area contributed by atoms with Crippen molar-refractivity contribution in [3.63, 3.8) is 0 Å². The number of nitrogens with one attached hydrogen (secondary N) is 1. The lowest BCUT2D eigenvalue weighted by Gasteiger charge is -2.36. The number of carbonyl (C=O) groups is 3. The van der Waals surface area contributed by atoms with Crippen LogP contribution in [-0.4, -0.2) is 42.1 Å². The number of carboxylic acid groups (broad SMARTS) is 1. The average Bonchev–Trinajstić information content (AvgIpc) is 2.70. The van der Waals surface area contributed by atoms with E-state index in [-0.39, 0.29) is 10.8 Å². The van der Waals surface area contributed by atoms with Gasteiger partial charge in [0.15, 0.2) is 0 Å². The van der Waals surface area contributed by atoms with Crippen molar-refractivity contribution in [1.82, 2.24) is 5.32 Å². The molecule has 1 unspecified atom stereocenters. The molecule has 1 aliphatic carbocycles.